The molecular weight excluding hydrogens is 358 g/mol. The number of anilines is 1. The molecule has 0 amide bonds. The number of carbonyl (C=O) groups excluding carboxylic acids is 1. The molecule has 0 N–H and O–H groups in total. The van der Waals surface area contributed by atoms with Crippen molar-refractivity contribution in [3.05, 3.63) is 15.7 Å². The van der Waals surface area contributed by atoms with Crippen molar-refractivity contribution in [2.45, 2.75) is 53.0 Å². The van der Waals surface area contributed by atoms with Crippen molar-refractivity contribution < 1.29 is 9.53 Å². The summed E-state index contributed by atoms with van der Waals surface area (Å²) in [5.41, 5.74) is 0.887. The van der Waals surface area contributed by atoms with E-state index in [1.165, 1.54) is 17.8 Å². The third-order valence-corrected chi connectivity index (χ3v) is 5.89. The third kappa shape index (κ3) is 3.75. The van der Waals surface area contributed by atoms with E-state index in [0.29, 0.717) is 23.4 Å². The lowest BCUT2D eigenvalue weighted by Gasteiger charge is -2.34. The molecule has 1 saturated heterocycles. The Morgan fingerprint density at radius 2 is 2.16 bits per heavy atom. The number of esters is 1. The number of piperidine rings is 1. The molecule has 1 atom stereocenters. The predicted molar refractivity (Wildman–Crippen MR) is 103 cm³/mol. The molecule has 1 aliphatic heterocycles. The summed E-state index contributed by atoms with van der Waals surface area (Å²) in [6, 6.07) is 0.401. The fraction of sp³-hybridized carbons (Fsp3) is 0.611. The van der Waals surface area contributed by atoms with Gasteiger partial charge in [0.05, 0.1) is 12.0 Å². The fourth-order valence-corrected chi connectivity index (χ4v) is 4.50. The topological polar surface area (TPSA) is 55.3 Å². The largest absolute Gasteiger partial charge is 0.461 e. The lowest BCUT2D eigenvalue weighted by atomic mass is 10.0. The molecule has 25 heavy (non-hydrogen) atoms. The fourth-order valence-electron chi connectivity index (χ4n) is 3.22. The van der Waals surface area contributed by atoms with E-state index in [0.717, 1.165) is 41.0 Å². The van der Waals surface area contributed by atoms with Gasteiger partial charge in [-0.1, -0.05) is 13.8 Å². The second-order valence-corrected chi connectivity index (χ2v) is 8.42. The van der Waals surface area contributed by atoms with E-state index in [4.69, 9.17) is 16.3 Å². The molecule has 7 heteroatoms. The van der Waals surface area contributed by atoms with Gasteiger partial charge in [-0.25, -0.2) is 9.78 Å². The quantitative estimate of drug-likeness (QED) is 0.560. The van der Waals surface area contributed by atoms with Crippen LogP contribution < -0.4 is 4.90 Å². The Labute approximate surface area is 157 Å². The lowest BCUT2D eigenvalue weighted by molar-refractivity contribution is 0.0464. The number of ether oxygens (including phenoxy) is 1. The van der Waals surface area contributed by atoms with Crippen LogP contribution in [0.15, 0.2) is 0 Å². The minimum atomic E-state index is -0.289. The summed E-state index contributed by atoms with van der Waals surface area (Å²) < 4.78 is 5.41. The molecule has 0 saturated carbocycles. The zero-order chi connectivity index (χ0) is 18.1. The summed E-state index contributed by atoms with van der Waals surface area (Å²) >= 11 is 7.52. The van der Waals surface area contributed by atoms with Crippen LogP contribution in [-0.4, -0.2) is 35.1 Å². The molecule has 1 aliphatic rings. The highest BCUT2D eigenvalue weighted by Crippen LogP contribution is 2.38. The average molecular weight is 382 g/mol. The number of aryl methyl sites for hydroxylation is 1. The van der Waals surface area contributed by atoms with E-state index in [-0.39, 0.29) is 11.3 Å². The van der Waals surface area contributed by atoms with Gasteiger partial charge >= 0.3 is 5.97 Å². The van der Waals surface area contributed by atoms with Gasteiger partial charge in [-0.2, -0.15) is 4.98 Å². The van der Waals surface area contributed by atoms with Gasteiger partial charge in [-0.05, 0) is 56.2 Å². The van der Waals surface area contributed by atoms with Crippen LogP contribution >= 0.6 is 22.9 Å². The van der Waals surface area contributed by atoms with E-state index in [2.05, 4.69) is 21.8 Å². The van der Waals surface area contributed by atoms with Gasteiger partial charge in [0, 0.05) is 12.6 Å². The Morgan fingerprint density at radius 3 is 2.84 bits per heavy atom. The minimum absolute atomic E-state index is 0.226. The number of carbonyl (C=O) groups is 1. The summed E-state index contributed by atoms with van der Waals surface area (Å²) in [5, 5.41) is 1.16. The highest BCUT2D eigenvalue weighted by atomic mass is 35.5. The maximum atomic E-state index is 12.5. The Balaban J connectivity index is 2.05. The first-order chi connectivity index (χ1) is 11.9. The van der Waals surface area contributed by atoms with Gasteiger partial charge < -0.3 is 9.64 Å². The van der Waals surface area contributed by atoms with E-state index >= 15 is 0 Å². The second kappa shape index (κ2) is 7.46. The summed E-state index contributed by atoms with van der Waals surface area (Å²) in [7, 11) is 0. The molecule has 2 aromatic rings. The number of rotatable bonds is 4. The molecule has 0 aromatic carbocycles. The number of aromatic nitrogens is 2. The normalized spacial score (nSPS) is 18.2. The van der Waals surface area contributed by atoms with Gasteiger partial charge in [-0.3, -0.25) is 0 Å². The van der Waals surface area contributed by atoms with Crippen molar-refractivity contribution in [3.63, 3.8) is 0 Å². The monoisotopic (exact) mass is 381 g/mol. The van der Waals surface area contributed by atoms with Gasteiger partial charge in [0.15, 0.2) is 0 Å². The van der Waals surface area contributed by atoms with E-state index in [9.17, 15) is 4.79 Å². The molecule has 2 aromatic heterocycles. The number of nitrogens with zero attached hydrogens (tertiary/aromatic N) is 3. The molecule has 5 nitrogen and oxygen atoms in total. The predicted octanol–water partition coefficient (Wildman–Crippen LogP) is 4.84. The second-order valence-electron chi connectivity index (χ2n) is 7.08. The van der Waals surface area contributed by atoms with E-state index in [1.54, 1.807) is 0 Å². The Kier molecular flexibility index (Phi) is 5.49. The number of thiophene rings is 1. The molecule has 1 unspecified atom stereocenters. The molecule has 0 spiro atoms. The smallest absolute Gasteiger partial charge is 0.348 e. The molecule has 136 valence electrons. The van der Waals surface area contributed by atoms with Crippen LogP contribution in [0, 0.1) is 12.8 Å². The van der Waals surface area contributed by atoms with E-state index < -0.39 is 0 Å². The highest BCUT2D eigenvalue weighted by Gasteiger charge is 2.27. The van der Waals surface area contributed by atoms with E-state index in [1.807, 2.05) is 20.8 Å². The average Bonchev–Trinajstić information content (AvgIpc) is 2.89. The Hall–Kier alpha value is -1.40. The van der Waals surface area contributed by atoms with Crippen LogP contribution in [-0.2, 0) is 4.74 Å². The summed E-state index contributed by atoms with van der Waals surface area (Å²) in [5.74, 6) is 0.861. The van der Waals surface area contributed by atoms with Crippen molar-refractivity contribution in [2.24, 2.45) is 5.92 Å². The van der Waals surface area contributed by atoms with Crippen LogP contribution in [0.25, 0.3) is 10.2 Å². The van der Waals surface area contributed by atoms with Crippen molar-refractivity contribution in [3.8, 4) is 0 Å². The van der Waals surface area contributed by atoms with Gasteiger partial charge in [0.2, 0.25) is 5.28 Å². The number of halogens is 1. The van der Waals surface area contributed by atoms with Crippen molar-refractivity contribution >= 4 is 44.9 Å². The van der Waals surface area contributed by atoms with Crippen LogP contribution in [0.5, 0.6) is 0 Å². The van der Waals surface area contributed by atoms with Gasteiger partial charge in [0.25, 0.3) is 0 Å². The van der Waals surface area contributed by atoms with Crippen LogP contribution in [0.3, 0.4) is 0 Å². The number of hydrogen-bond donors (Lipinski definition) is 0. The first-order valence-electron chi connectivity index (χ1n) is 8.79. The Bertz CT molecular complexity index is 790. The molecule has 1 fully saturated rings. The number of hydrogen-bond acceptors (Lipinski definition) is 6. The van der Waals surface area contributed by atoms with Crippen LogP contribution in [0.1, 0.15) is 55.3 Å². The molecule has 3 heterocycles. The first kappa shape index (κ1) is 18.4. The SMILES string of the molecule is Cc1c(C(=O)OCC(C)C)sc2nc(Cl)nc(N3CCCCC3C)c12. The molecule has 3 rings (SSSR count). The molecule has 0 radical (unpaired) electrons. The van der Waals surface area contributed by atoms with Crippen LogP contribution in [0.4, 0.5) is 5.82 Å². The molecule has 0 bridgehead atoms. The van der Waals surface area contributed by atoms with Gasteiger partial charge in [-0.15, -0.1) is 11.3 Å². The molecule has 0 aliphatic carbocycles. The highest BCUT2D eigenvalue weighted by molar-refractivity contribution is 7.20. The maximum absolute atomic E-state index is 12.5. The third-order valence-electron chi connectivity index (χ3n) is 4.55. The van der Waals surface area contributed by atoms with Crippen LogP contribution in [0.2, 0.25) is 5.28 Å². The summed E-state index contributed by atoms with van der Waals surface area (Å²) in [4.78, 5) is 25.0. The number of fused-ring (bicyclic) bond motifs is 1. The summed E-state index contributed by atoms with van der Waals surface area (Å²) in [6.07, 6.45) is 3.50. The molecular formula is C18H24ClN3O2S. The summed E-state index contributed by atoms with van der Waals surface area (Å²) in [6.45, 7) is 9.56. The first-order valence-corrected chi connectivity index (χ1v) is 9.98. The van der Waals surface area contributed by atoms with Crippen molar-refractivity contribution in [1.29, 1.82) is 0 Å². The zero-order valence-electron chi connectivity index (χ0n) is 15.1. The standard InChI is InChI=1S/C18H24ClN3O2S/c1-10(2)9-24-17(23)14-12(4)13-15(20-18(19)21-16(13)25-14)22-8-6-5-7-11(22)3/h10-11H,5-9H2,1-4H3. The lowest BCUT2D eigenvalue weighted by Crippen LogP contribution is -2.38. The Morgan fingerprint density at radius 1 is 1.40 bits per heavy atom. The maximum Gasteiger partial charge on any atom is 0.348 e. The van der Waals surface area contributed by atoms with Crippen molar-refractivity contribution in [1.82, 2.24) is 9.97 Å². The van der Waals surface area contributed by atoms with Crippen molar-refractivity contribution in [2.75, 3.05) is 18.1 Å². The zero-order valence-corrected chi connectivity index (χ0v) is 16.7. The van der Waals surface area contributed by atoms with Gasteiger partial charge in [0.1, 0.15) is 15.5 Å². The minimum Gasteiger partial charge on any atom is -0.461 e.